The molecule has 1 unspecified atom stereocenters. The first-order valence-corrected chi connectivity index (χ1v) is 4.06. The van der Waals surface area contributed by atoms with E-state index in [9.17, 15) is 0 Å². The van der Waals surface area contributed by atoms with Gasteiger partial charge in [-0.3, -0.25) is 0 Å². The first-order chi connectivity index (χ1) is 3.83. The van der Waals surface area contributed by atoms with Crippen molar-refractivity contribution in [3.63, 3.8) is 0 Å². The predicted molar refractivity (Wildman–Crippen MR) is 40.0 cm³/mol. The minimum Gasteiger partial charge on any atom is -0.128 e. The van der Waals surface area contributed by atoms with E-state index in [2.05, 4.69) is 19.9 Å². The van der Waals surface area contributed by atoms with Gasteiger partial charge in [0.15, 0.2) is 0 Å². The molecule has 1 aliphatic rings. The second kappa shape index (κ2) is 2.58. The Kier molecular flexibility index (Phi) is 2.01. The van der Waals surface area contributed by atoms with Crippen molar-refractivity contribution in [3.05, 3.63) is 11.0 Å². The summed E-state index contributed by atoms with van der Waals surface area (Å²) in [4.78, 5) is 1.58. The fraction of sp³-hybridized carbons (Fsp3) is 0.714. The van der Waals surface area contributed by atoms with Crippen molar-refractivity contribution in [3.8, 4) is 0 Å². The summed E-state index contributed by atoms with van der Waals surface area (Å²) in [7, 11) is 0. The smallest absolute Gasteiger partial charge is 0.00976 e. The Labute approximate surface area is 55.4 Å². The molecule has 0 aromatic rings. The quantitative estimate of drug-likeness (QED) is 0.523. The highest BCUT2D eigenvalue weighted by Gasteiger charge is 2.09. The zero-order valence-electron chi connectivity index (χ0n) is 5.48. The second-order valence-corrected chi connectivity index (χ2v) is 3.75. The number of thioether (sulfide) groups is 1. The molecule has 8 heavy (non-hydrogen) atoms. The van der Waals surface area contributed by atoms with E-state index in [4.69, 9.17) is 0 Å². The third-order valence-corrected chi connectivity index (χ3v) is 2.73. The summed E-state index contributed by atoms with van der Waals surface area (Å²) in [5.41, 5.74) is 0. The summed E-state index contributed by atoms with van der Waals surface area (Å²) < 4.78 is 0. The van der Waals surface area contributed by atoms with Crippen LogP contribution in [0.2, 0.25) is 0 Å². The molecule has 0 aromatic carbocycles. The number of allylic oxidation sites excluding steroid dienone is 2. The standard InChI is InChI=1S/C7H12S/c1-3-7-5-4-6(2)8-7/h5-6H,3-4H2,1-2H3. The minimum absolute atomic E-state index is 0.852. The third kappa shape index (κ3) is 1.28. The van der Waals surface area contributed by atoms with Crippen LogP contribution in [0.5, 0.6) is 0 Å². The van der Waals surface area contributed by atoms with E-state index in [0.717, 1.165) is 5.25 Å². The van der Waals surface area contributed by atoms with Gasteiger partial charge in [-0.1, -0.05) is 19.9 Å². The minimum atomic E-state index is 0.852. The highest BCUT2D eigenvalue weighted by atomic mass is 32.2. The van der Waals surface area contributed by atoms with Crippen LogP contribution < -0.4 is 0 Å². The maximum Gasteiger partial charge on any atom is 0.00976 e. The maximum absolute atomic E-state index is 2.36. The molecule has 0 aromatic heterocycles. The van der Waals surface area contributed by atoms with E-state index in [1.165, 1.54) is 12.8 Å². The topological polar surface area (TPSA) is 0 Å². The van der Waals surface area contributed by atoms with Gasteiger partial charge in [0.2, 0.25) is 0 Å². The van der Waals surface area contributed by atoms with E-state index in [1.54, 1.807) is 4.91 Å². The fourth-order valence-electron chi connectivity index (χ4n) is 0.880. The third-order valence-electron chi connectivity index (χ3n) is 1.38. The van der Waals surface area contributed by atoms with Crippen molar-refractivity contribution in [2.45, 2.75) is 31.9 Å². The van der Waals surface area contributed by atoms with Crippen molar-refractivity contribution < 1.29 is 0 Å². The highest BCUT2D eigenvalue weighted by molar-refractivity contribution is 8.03. The molecular formula is C7H12S. The molecule has 0 aliphatic carbocycles. The number of rotatable bonds is 1. The van der Waals surface area contributed by atoms with Gasteiger partial charge in [-0.2, -0.15) is 0 Å². The lowest BCUT2D eigenvalue weighted by atomic mass is 10.3. The number of hydrogen-bond donors (Lipinski definition) is 0. The first-order valence-electron chi connectivity index (χ1n) is 3.18. The lowest BCUT2D eigenvalue weighted by Gasteiger charge is -1.97. The second-order valence-electron chi connectivity index (χ2n) is 2.19. The van der Waals surface area contributed by atoms with Crippen LogP contribution in [0, 0.1) is 0 Å². The van der Waals surface area contributed by atoms with Crippen molar-refractivity contribution >= 4 is 11.8 Å². The summed E-state index contributed by atoms with van der Waals surface area (Å²) in [6.07, 6.45) is 4.87. The van der Waals surface area contributed by atoms with Crippen LogP contribution in [0.15, 0.2) is 11.0 Å². The fourth-order valence-corrected chi connectivity index (χ4v) is 1.95. The molecule has 0 amide bonds. The van der Waals surface area contributed by atoms with Crippen LogP contribution >= 0.6 is 11.8 Å². The molecule has 0 bridgehead atoms. The molecule has 0 saturated carbocycles. The molecule has 0 radical (unpaired) electrons. The lowest BCUT2D eigenvalue weighted by molar-refractivity contribution is 1.000. The molecule has 0 fully saturated rings. The number of hydrogen-bond acceptors (Lipinski definition) is 1. The van der Waals surface area contributed by atoms with Crippen LogP contribution in [-0.2, 0) is 0 Å². The molecule has 1 rings (SSSR count). The van der Waals surface area contributed by atoms with Gasteiger partial charge in [0, 0.05) is 5.25 Å². The van der Waals surface area contributed by atoms with Gasteiger partial charge < -0.3 is 0 Å². The summed E-state index contributed by atoms with van der Waals surface area (Å²) >= 11 is 2.03. The van der Waals surface area contributed by atoms with Gasteiger partial charge in [0.05, 0.1) is 0 Å². The Bertz CT molecular complexity index is 105. The molecule has 1 heteroatoms. The first kappa shape index (κ1) is 6.21. The van der Waals surface area contributed by atoms with Gasteiger partial charge >= 0.3 is 0 Å². The molecule has 0 N–H and O–H groups in total. The van der Waals surface area contributed by atoms with Crippen LogP contribution in [-0.4, -0.2) is 5.25 Å². The highest BCUT2D eigenvalue weighted by Crippen LogP contribution is 2.33. The average Bonchev–Trinajstić information content (AvgIpc) is 2.14. The summed E-state index contributed by atoms with van der Waals surface area (Å²) in [5, 5.41) is 0.852. The molecule has 1 aliphatic heterocycles. The van der Waals surface area contributed by atoms with E-state index in [1.807, 2.05) is 11.8 Å². The van der Waals surface area contributed by atoms with Crippen LogP contribution in [0.25, 0.3) is 0 Å². The molecule has 1 atom stereocenters. The van der Waals surface area contributed by atoms with Crippen molar-refractivity contribution in [2.24, 2.45) is 0 Å². The zero-order valence-corrected chi connectivity index (χ0v) is 6.29. The van der Waals surface area contributed by atoms with E-state index in [-0.39, 0.29) is 0 Å². The van der Waals surface area contributed by atoms with Crippen molar-refractivity contribution in [1.82, 2.24) is 0 Å². The average molecular weight is 128 g/mol. The Morgan fingerprint density at radius 3 is 2.88 bits per heavy atom. The normalized spacial score (nSPS) is 28.2. The Hall–Kier alpha value is 0.0900. The Morgan fingerprint density at radius 2 is 2.62 bits per heavy atom. The summed E-state index contributed by atoms with van der Waals surface area (Å²) in [6, 6.07) is 0. The Balaban J connectivity index is 2.37. The monoisotopic (exact) mass is 128 g/mol. The van der Waals surface area contributed by atoms with Crippen molar-refractivity contribution in [1.29, 1.82) is 0 Å². The van der Waals surface area contributed by atoms with Gasteiger partial charge in [-0.25, -0.2) is 0 Å². The van der Waals surface area contributed by atoms with Crippen LogP contribution in [0.3, 0.4) is 0 Å². The molecule has 0 nitrogen and oxygen atoms in total. The van der Waals surface area contributed by atoms with Crippen molar-refractivity contribution in [2.75, 3.05) is 0 Å². The molecular weight excluding hydrogens is 116 g/mol. The van der Waals surface area contributed by atoms with Crippen LogP contribution in [0.4, 0.5) is 0 Å². The Morgan fingerprint density at radius 1 is 1.88 bits per heavy atom. The predicted octanol–water partition coefficient (Wildman–Crippen LogP) is 2.81. The van der Waals surface area contributed by atoms with Gasteiger partial charge in [-0.05, 0) is 17.7 Å². The largest absolute Gasteiger partial charge is 0.128 e. The summed E-state index contributed by atoms with van der Waals surface area (Å²) in [5.74, 6) is 0. The zero-order chi connectivity index (χ0) is 5.98. The molecule has 46 valence electrons. The molecule has 1 heterocycles. The van der Waals surface area contributed by atoms with Gasteiger partial charge in [-0.15, -0.1) is 11.8 Å². The van der Waals surface area contributed by atoms with E-state index < -0.39 is 0 Å². The molecule has 0 spiro atoms. The maximum atomic E-state index is 2.36. The molecule has 0 saturated heterocycles. The van der Waals surface area contributed by atoms with E-state index >= 15 is 0 Å². The summed E-state index contributed by atoms with van der Waals surface area (Å²) in [6.45, 7) is 4.50. The SMILES string of the molecule is CCC1=CCC(C)S1. The van der Waals surface area contributed by atoms with Crippen LogP contribution in [0.1, 0.15) is 26.7 Å². The van der Waals surface area contributed by atoms with Gasteiger partial charge in [0.1, 0.15) is 0 Å². The van der Waals surface area contributed by atoms with E-state index in [0.29, 0.717) is 0 Å². The van der Waals surface area contributed by atoms with Gasteiger partial charge in [0.25, 0.3) is 0 Å². The lowest BCUT2D eigenvalue weighted by Crippen LogP contribution is -1.83.